The number of anilines is 1. The van der Waals surface area contributed by atoms with Crippen LogP contribution in [0, 0.1) is 0 Å². The summed E-state index contributed by atoms with van der Waals surface area (Å²) < 4.78 is 13.3. The van der Waals surface area contributed by atoms with Gasteiger partial charge in [0.05, 0.1) is 19.8 Å². The van der Waals surface area contributed by atoms with Crippen LogP contribution in [0.3, 0.4) is 0 Å². The Morgan fingerprint density at radius 3 is 2.67 bits per heavy atom. The quantitative estimate of drug-likeness (QED) is 0.782. The summed E-state index contributed by atoms with van der Waals surface area (Å²) in [6.45, 7) is 8.68. The second-order valence-corrected chi connectivity index (χ2v) is 6.73. The van der Waals surface area contributed by atoms with Gasteiger partial charge in [0.25, 0.3) is 5.56 Å². The van der Waals surface area contributed by atoms with Crippen molar-refractivity contribution >= 4 is 5.82 Å². The first-order valence-electron chi connectivity index (χ1n) is 7.52. The van der Waals surface area contributed by atoms with Crippen molar-refractivity contribution in [1.82, 2.24) is 9.55 Å². The summed E-state index contributed by atoms with van der Waals surface area (Å²) in [6.07, 6.45) is 5.25. The van der Waals surface area contributed by atoms with Crippen LogP contribution in [0.4, 0.5) is 5.82 Å². The highest BCUT2D eigenvalue weighted by Gasteiger charge is 2.41. The summed E-state index contributed by atoms with van der Waals surface area (Å²) in [7, 11) is 0. The van der Waals surface area contributed by atoms with E-state index >= 15 is 0 Å². The first-order valence-corrected chi connectivity index (χ1v) is 7.52. The fourth-order valence-corrected chi connectivity index (χ4v) is 3.05. The van der Waals surface area contributed by atoms with Crippen molar-refractivity contribution in [2.45, 2.75) is 44.9 Å². The van der Waals surface area contributed by atoms with E-state index in [2.05, 4.69) is 4.98 Å². The molecule has 0 atom stereocenters. The molecule has 0 aromatic carbocycles. The van der Waals surface area contributed by atoms with Crippen LogP contribution in [0.2, 0.25) is 0 Å². The Bertz CT molecular complexity index is 570. The number of hydrogen-bond donors (Lipinski definition) is 0. The highest BCUT2D eigenvalue weighted by molar-refractivity contribution is 5.37. The zero-order valence-electron chi connectivity index (χ0n) is 13.0. The average molecular weight is 293 g/mol. The van der Waals surface area contributed by atoms with Gasteiger partial charge in [-0.1, -0.05) is 0 Å². The number of hydrogen-bond acceptors (Lipinski definition) is 5. The average Bonchev–Trinajstić information content (AvgIpc) is 2.85. The Labute approximate surface area is 124 Å². The number of aromatic nitrogens is 2. The zero-order chi connectivity index (χ0) is 15.1. The van der Waals surface area contributed by atoms with Gasteiger partial charge >= 0.3 is 0 Å². The molecule has 116 valence electrons. The van der Waals surface area contributed by atoms with Gasteiger partial charge in [0.1, 0.15) is 0 Å². The second-order valence-electron chi connectivity index (χ2n) is 6.73. The molecule has 0 aliphatic carbocycles. The Kier molecular flexibility index (Phi) is 3.53. The predicted octanol–water partition coefficient (Wildman–Crippen LogP) is 1.34. The minimum atomic E-state index is -0.547. The monoisotopic (exact) mass is 293 g/mol. The lowest BCUT2D eigenvalue weighted by Crippen LogP contribution is -2.51. The molecule has 6 nitrogen and oxygen atoms in total. The molecule has 0 N–H and O–H groups in total. The maximum atomic E-state index is 12.7. The lowest BCUT2D eigenvalue weighted by Gasteiger charge is -2.39. The van der Waals surface area contributed by atoms with Crippen LogP contribution < -0.4 is 10.5 Å². The zero-order valence-corrected chi connectivity index (χ0v) is 13.0. The van der Waals surface area contributed by atoms with Gasteiger partial charge < -0.3 is 18.9 Å². The molecule has 3 rings (SSSR count). The molecule has 21 heavy (non-hydrogen) atoms. The molecule has 1 spiro atoms. The largest absolute Gasteiger partial charge is 0.347 e. The van der Waals surface area contributed by atoms with Crippen LogP contribution in [-0.2, 0) is 15.0 Å². The van der Waals surface area contributed by atoms with Gasteiger partial charge in [-0.25, -0.2) is 4.98 Å². The molecule has 1 aromatic rings. The number of ether oxygens (including phenoxy) is 2. The van der Waals surface area contributed by atoms with Gasteiger partial charge in [0.2, 0.25) is 0 Å². The van der Waals surface area contributed by atoms with Crippen LogP contribution in [0.15, 0.2) is 17.2 Å². The van der Waals surface area contributed by atoms with Gasteiger partial charge in [-0.2, -0.15) is 0 Å². The highest BCUT2D eigenvalue weighted by atomic mass is 16.7. The number of nitrogens with zero attached hydrogens (tertiary/aromatic N) is 3. The summed E-state index contributed by atoms with van der Waals surface area (Å²) in [5.74, 6) is -0.0556. The Hall–Kier alpha value is -1.40. The van der Waals surface area contributed by atoms with Crippen LogP contribution >= 0.6 is 0 Å². The highest BCUT2D eigenvalue weighted by Crippen LogP contribution is 2.31. The molecule has 2 aliphatic rings. The van der Waals surface area contributed by atoms with Crippen molar-refractivity contribution in [2.24, 2.45) is 0 Å². The van der Waals surface area contributed by atoms with Gasteiger partial charge in [-0.3, -0.25) is 4.79 Å². The van der Waals surface area contributed by atoms with Crippen molar-refractivity contribution < 1.29 is 9.47 Å². The van der Waals surface area contributed by atoms with Crippen LogP contribution in [0.1, 0.15) is 33.6 Å². The van der Waals surface area contributed by atoms with Crippen molar-refractivity contribution in [3.63, 3.8) is 0 Å². The molecule has 0 amide bonds. The molecule has 0 radical (unpaired) electrons. The summed E-state index contributed by atoms with van der Waals surface area (Å²) in [4.78, 5) is 19.0. The third-order valence-corrected chi connectivity index (χ3v) is 4.08. The van der Waals surface area contributed by atoms with Gasteiger partial charge in [0, 0.05) is 30.9 Å². The van der Waals surface area contributed by atoms with E-state index in [1.807, 2.05) is 25.7 Å². The van der Waals surface area contributed by atoms with Crippen molar-refractivity contribution in [3.8, 4) is 0 Å². The van der Waals surface area contributed by atoms with Gasteiger partial charge in [-0.15, -0.1) is 0 Å². The van der Waals surface area contributed by atoms with Crippen molar-refractivity contribution in [1.29, 1.82) is 0 Å². The van der Waals surface area contributed by atoms with E-state index in [9.17, 15) is 4.79 Å². The first kappa shape index (κ1) is 14.5. The maximum absolute atomic E-state index is 12.7. The van der Waals surface area contributed by atoms with Crippen molar-refractivity contribution in [2.75, 3.05) is 31.2 Å². The minimum absolute atomic E-state index is 0.0555. The summed E-state index contributed by atoms with van der Waals surface area (Å²) in [5, 5.41) is 0. The van der Waals surface area contributed by atoms with Crippen LogP contribution in [0.5, 0.6) is 0 Å². The SMILES string of the molecule is CC(C)(C)n1ccnc(N2CCCC3(C2)OCCO3)c1=O. The molecule has 3 heterocycles. The van der Waals surface area contributed by atoms with E-state index in [0.29, 0.717) is 25.6 Å². The van der Waals surface area contributed by atoms with E-state index < -0.39 is 5.79 Å². The Balaban J connectivity index is 1.92. The Morgan fingerprint density at radius 2 is 2.00 bits per heavy atom. The molecule has 0 unspecified atom stereocenters. The molecular weight excluding hydrogens is 270 g/mol. The van der Waals surface area contributed by atoms with Gasteiger partial charge in [0.15, 0.2) is 11.6 Å². The third kappa shape index (κ3) is 2.70. The molecule has 6 heteroatoms. The summed E-state index contributed by atoms with van der Waals surface area (Å²) in [6, 6.07) is 0. The van der Waals surface area contributed by atoms with E-state index in [-0.39, 0.29) is 11.1 Å². The smallest absolute Gasteiger partial charge is 0.293 e. The number of piperidine rings is 1. The summed E-state index contributed by atoms with van der Waals surface area (Å²) >= 11 is 0. The Morgan fingerprint density at radius 1 is 1.29 bits per heavy atom. The van der Waals surface area contributed by atoms with E-state index in [0.717, 1.165) is 19.4 Å². The third-order valence-electron chi connectivity index (χ3n) is 4.08. The number of rotatable bonds is 1. The molecular formula is C15H23N3O3. The van der Waals surface area contributed by atoms with Crippen LogP contribution in [-0.4, -0.2) is 41.6 Å². The van der Waals surface area contributed by atoms with E-state index in [4.69, 9.17) is 9.47 Å². The fraction of sp³-hybridized carbons (Fsp3) is 0.733. The lowest BCUT2D eigenvalue weighted by atomic mass is 10.0. The second kappa shape index (κ2) is 5.10. The lowest BCUT2D eigenvalue weighted by molar-refractivity contribution is -0.161. The molecule has 0 saturated carbocycles. The molecule has 2 fully saturated rings. The predicted molar refractivity (Wildman–Crippen MR) is 79.6 cm³/mol. The summed E-state index contributed by atoms with van der Waals surface area (Å²) in [5.41, 5.74) is -0.317. The topological polar surface area (TPSA) is 56.6 Å². The maximum Gasteiger partial charge on any atom is 0.293 e. The van der Waals surface area contributed by atoms with Crippen LogP contribution in [0.25, 0.3) is 0 Å². The molecule has 2 aliphatic heterocycles. The minimum Gasteiger partial charge on any atom is -0.347 e. The molecule has 0 bridgehead atoms. The van der Waals surface area contributed by atoms with E-state index in [1.165, 1.54) is 0 Å². The van der Waals surface area contributed by atoms with Crippen molar-refractivity contribution in [3.05, 3.63) is 22.7 Å². The molecule has 2 saturated heterocycles. The fourth-order valence-electron chi connectivity index (χ4n) is 3.05. The standard InChI is InChI=1S/C15H23N3O3/c1-14(2,3)18-8-6-16-12(13(18)19)17-7-4-5-15(11-17)20-9-10-21-15/h6,8H,4-5,7,9-11H2,1-3H3. The molecule has 1 aromatic heterocycles. The van der Waals surface area contributed by atoms with E-state index in [1.54, 1.807) is 17.0 Å². The normalized spacial score (nSPS) is 22.0. The first-order chi connectivity index (χ1) is 9.91. The van der Waals surface area contributed by atoms with Gasteiger partial charge in [-0.05, 0) is 27.2 Å².